The third kappa shape index (κ3) is 4.67. The Labute approximate surface area is 158 Å². The highest BCUT2D eigenvalue weighted by atomic mass is 16.5. The number of hydrogen-bond donors (Lipinski definition) is 1. The summed E-state index contributed by atoms with van der Waals surface area (Å²) < 4.78 is 13.0. The van der Waals surface area contributed by atoms with Gasteiger partial charge in [0, 0.05) is 25.0 Å². The van der Waals surface area contributed by atoms with Gasteiger partial charge in [-0.1, -0.05) is 36.4 Å². The minimum absolute atomic E-state index is 0.121. The number of carbonyl (C=O) groups is 1. The molecular formula is C21H23N3O3. The molecule has 140 valence electrons. The van der Waals surface area contributed by atoms with E-state index in [2.05, 4.69) is 10.3 Å². The van der Waals surface area contributed by atoms with Gasteiger partial charge in [-0.25, -0.2) is 4.98 Å². The molecule has 0 aliphatic carbocycles. The number of aryl methyl sites for hydroxylation is 1. The summed E-state index contributed by atoms with van der Waals surface area (Å²) >= 11 is 0. The lowest BCUT2D eigenvalue weighted by Gasteiger charge is -2.21. The van der Waals surface area contributed by atoms with Crippen LogP contribution >= 0.6 is 0 Å². The van der Waals surface area contributed by atoms with E-state index < -0.39 is 6.04 Å². The van der Waals surface area contributed by atoms with Crippen LogP contribution in [0.5, 0.6) is 11.5 Å². The molecule has 0 radical (unpaired) electrons. The average molecular weight is 365 g/mol. The van der Waals surface area contributed by atoms with Crippen molar-refractivity contribution in [3.05, 3.63) is 78.4 Å². The highest BCUT2D eigenvalue weighted by Crippen LogP contribution is 2.29. The van der Waals surface area contributed by atoms with E-state index in [0.717, 1.165) is 17.1 Å². The number of methoxy groups -OCH3 is 1. The number of nitrogens with one attached hydrogen (secondary N) is 1. The molecule has 6 nitrogen and oxygen atoms in total. The van der Waals surface area contributed by atoms with E-state index in [1.54, 1.807) is 13.3 Å². The van der Waals surface area contributed by atoms with Crippen molar-refractivity contribution < 1.29 is 14.3 Å². The van der Waals surface area contributed by atoms with Crippen LogP contribution in [0.4, 0.5) is 0 Å². The fourth-order valence-corrected chi connectivity index (χ4v) is 2.85. The SMILES string of the molecule is COc1ccccc1C(NC(=O)CCOc1ccccc1)c1nccn1C. The molecule has 6 heteroatoms. The van der Waals surface area contributed by atoms with E-state index in [4.69, 9.17) is 9.47 Å². The minimum Gasteiger partial charge on any atom is -0.496 e. The van der Waals surface area contributed by atoms with Crippen molar-refractivity contribution in [1.29, 1.82) is 0 Å². The Morgan fingerprint density at radius 2 is 1.89 bits per heavy atom. The highest BCUT2D eigenvalue weighted by molar-refractivity contribution is 5.77. The van der Waals surface area contributed by atoms with Gasteiger partial charge in [0.15, 0.2) is 0 Å². The molecule has 0 saturated carbocycles. The van der Waals surface area contributed by atoms with Crippen molar-refractivity contribution in [2.24, 2.45) is 7.05 Å². The van der Waals surface area contributed by atoms with Crippen LogP contribution in [0.2, 0.25) is 0 Å². The lowest BCUT2D eigenvalue weighted by atomic mass is 10.0. The summed E-state index contributed by atoms with van der Waals surface area (Å²) in [5.74, 6) is 2.06. The first-order valence-corrected chi connectivity index (χ1v) is 8.76. The fraction of sp³-hybridized carbons (Fsp3) is 0.238. The third-order valence-corrected chi connectivity index (χ3v) is 4.21. The van der Waals surface area contributed by atoms with E-state index in [9.17, 15) is 4.79 Å². The molecule has 1 unspecified atom stereocenters. The Kier molecular flexibility index (Phi) is 6.10. The van der Waals surface area contributed by atoms with Crippen LogP contribution in [0.25, 0.3) is 0 Å². The van der Waals surface area contributed by atoms with Crippen LogP contribution < -0.4 is 14.8 Å². The first kappa shape index (κ1) is 18.5. The number of imidazole rings is 1. The zero-order valence-corrected chi connectivity index (χ0v) is 15.5. The van der Waals surface area contributed by atoms with E-state index in [1.165, 1.54) is 0 Å². The molecule has 1 amide bonds. The summed E-state index contributed by atoms with van der Waals surface area (Å²) in [4.78, 5) is 17.0. The van der Waals surface area contributed by atoms with Crippen LogP contribution in [-0.4, -0.2) is 29.2 Å². The van der Waals surface area contributed by atoms with Gasteiger partial charge in [-0.15, -0.1) is 0 Å². The average Bonchev–Trinajstić information content (AvgIpc) is 3.12. The standard InChI is InChI=1S/C21H23N3O3/c1-24-14-13-22-21(24)20(17-10-6-7-11-18(17)26-2)23-19(25)12-15-27-16-8-4-3-5-9-16/h3-11,13-14,20H,12,15H2,1-2H3,(H,23,25). The third-order valence-electron chi connectivity index (χ3n) is 4.21. The number of ether oxygens (including phenoxy) is 2. The second-order valence-corrected chi connectivity index (χ2v) is 6.05. The van der Waals surface area contributed by atoms with Crippen molar-refractivity contribution in [1.82, 2.24) is 14.9 Å². The number of aromatic nitrogens is 2. The number of rotatable bonds is 8. The molecule has 0 saturated heterocycles. The summed E-state index contributed by atoms with van der Waals surface area (Å²) in [6, 6.07) is 16.6. The van der Waals surface area contributed by atoms with Gasteiger partial charge in [0.2, 0.25) is 5.91 Å². The molecule has 2 aromatic carbocycles. The zero-order chi connectivity index (χ0) is 19.1. The Balaban J connectivity index is 1.72. The maximum Gasteiger partial charge on any atom is 0.224 e. The van der Waals surface area contributed by atoms with Crippen LogP contribution in [0.15, 0.2) is 67.0 Å². The molecule has 27 heavy (non-hydrogen) atoms. The molecule has 3 aromatic rings. The van der Waals surface area contributed by atoms with Crippen LogP contribution in [0, 0.1) is 0 Å². The zero-order valence-electron chi connectivity index (χ0n) is 15.5. The Hall–Kier alpha value is -3.28. The first-order chi connectivity index (χ1) is 13.2. The molecule has 0 aliphatic heterocycles. The molecular weight excluding hydrogens is 342 g/mol. The summed E-state index contributed by atoms with van der Waals surface area (Å²) in [5, 5.41) is 3.06. The van der Waals surface area contributed by atoms with E-state index in [0.29, 0.717) is 12.4 Å². The number of nitrogens with zero attached hydrogens (tertiary/aromatic N) is 2. The smallest absolute Gasteiger partial charge is 0.224 e. The second-order valence-electron chi connectivity index (χ2n) is 6.05. The molecule has 1 atom stereocenters. The minimum atomic E-state index is -0.412. The number of hydrogen-bond acceptors (Lipinski definition) is 4. The molecule has 0 spiro atoms. The fourth-order valence-electron chi connectivity index (χ4n) is 2.85. The van der Waals surface area contributed by atoms with Gasteiger partial charge in [0.05, 0.1) is 20.1 Å². The molecule has 3 rings (SSSR count). The normalized spacial score (nSPS) is 11.6. The Morgan fingerprint density at radius 3 is 2.59 bits per heavy atom. The Morgan fingerprint density at radius 1 is 1.15 bits per heavy atom. The predicted octanol–water partition coefficient (Wildman–Crippen LogP) is 3.10. The van der Waals surface area contributed by atoms with Gasteiger partial charge in [0.25, 0.3) is 0 Å². The molecule has 0 fully saturated rings. The Bertz CT molecular complexity index is 877. The topological polar surface area (TPSA) is 65.4 Å². The number of para-hydroxylation sites is 2. The van der Waals surface area contributed by atoms with Crippen molar-refractivity contribution in [2.45, 2.75) is 12.5 Å². The van der Waals surface area contributed by atoms with Crippen LogP contribution in [0.1, 0.15) is 23.9 Å². The van der Waals surface area contributed by atoms with E-state index in [1.807, 2.05) is 72.4 Å². The summed E-state index contributed by atoms with van der Waals surface area (Å²) in [7, 11) is 3.51. The van der Waals surface area contributed by atoms with Crippen LogP contribution in [0.3, 0.4) is 0 Å². The van der Waals surface area contributed by atoms with Gasteiger partial charge >= 0.3 is 0 Å². The molecule has 0 bridgehead atoms. The largest absolute Gasteiger partial charge is 0.496 e. The van der Waals surface area contributed by atoms with Gasteiger partial charge < -0.3 is 19.4 Å². The maximum absolute atomic E-state index is 12.6. The monoisotopic (exact) mass is 365 g/mol. The maximum atomic E-state index is 12.6. The number of amides is 1. The lowest BCUT2D eigenvalue weighted by Crippen LogP contribution is -2.32. The molecule has 1 N–H and O–H groups in total. The van der Waals surface area contributed by atoms with Crippen LogP contribution in [-0.2, 0) is 11.8 Å². The van der Waals surface area contributed by atoms with Gasteiger partial charge in [-0.2, -0.15) is 0 Å². The molecule has 1 heterocycles. The van der Waals surface area contributed by atoms with Crippen molar-refractivity contribution in [3.8, 4) is 11.5 Å². The van der Waals surface area contributed by atoms with Gasteiger partial charge in [0.1, 0.15) is 23.4 Å². The quantitative estimate of drug-likeness (QED) is 0.666. The van der Waals surface area contributed by atoms with Crippen molar-refractivity contribution in [2.75, 3.05) is 13.7 Å². The molecule has 1 aromatic heterocycles. The highest BCUT2D eigenvalue weighted by Gasteiger charge is 2.23. The number of carbonyl (C=O) groups excluding carboxylic acids is 1. The molecule has 0 aliphatic rings. The summed E-state index contributed by atoms with van der Waals surface area (Å²) in [6.07, 6.45) is 3.80. The van der Waals surface area contributed by atoms with Gasteiger partial charge in [-0.05, 0) is 18.2 Å². The summed E-state index contributed by atoms with van der Waals surface area (Å²) in [5.41, 5.74) is 0.853. The van der Waals surface area contributed by atoms with E-state index >= 15 is 0 Å². The first-order valence-electron chi connectivity index (χ1n) is 8.76. The summed E-state index contributed by atoms with van der Waals surface area (Å²) in [6.45, 7) is 0.301. The van der Waals surface area contributed by atoms with Crippen molar-refractivity contribution >= 4 is 5.91 Å². The lowest BCUT2D eigenvalue weighted by molar-refractivity contribution is -0.122. The van der Waals surface area contributed by atoms with E-state index in [-0.39, 0.29) is 12.3 Å². The second kappa shape index (κ2) is 8.89. The number of benzene rings is 2. The van der Waals surface area contributed by atoms with Crippen molar-refractivity contribution in [3.63, 3.8) is 0 Å². The predicted molar refractivity (Wildman–Crippen MR) is 103 cm³/mol. The van der Waals surface area contributed by atoms with Gasteiger partial charge in [-0.3, -0.25) is 4.79 Å².